The largest absolute Gasteiger partial charge is 0.393 e. The molecule has 1 aliphatic rings. The molecule has 0 aliphatic carbocycles. The Hall–Kier alpha value is -1.46. The fourth-order valence-electron chi connectivity index (χ4n) is 2.66. The van der Waals surface area contributed by atoms with Crippen LogP contribution in [0.15, 0.2) is 24.3 Å². The first-order chi connectivity index (χ1) is 9.06. The number of benzene rings is 1. The van der Waals surface area contributed by atoms with E-state index >= 15 is 0 Å². The molecule has 1 heterocycles. The Kier molecular flexibility index (Phi) is 4.50. The fourth-order valence-corrected chi connectivity index (χ4v) is 2.66. The van der Waals surface area contributed by atoms with Gasteiger partial charge in [-0.05, 0) is 37.8 Å². The zero-order valence-corrected chi connectivity index (χ0v) is 11.2. The number of nitrogens with zero attached hydrogens (tertiary/aromatic N) is 2. The molecule has 1 saturated heterocycles. The van der Waals surface area contributed by atoms with Gasteiger partial charge in [0.15, 0.2) is 0 Å². The maximum Gasteiger partial charge on any atom is 0.269 e. The molecule has 2 rings (SSSR count). The van der Waals surface area contributed by atoms with E-state index in [1.165, 1.54) is 6.07 Å². The lowest BCUT2D eigenvalue weighted by Gasteiger charge is -2.34. The molecule has 104 valence electrons. The van der Waals surface area contributed by atoms with Crippen molar-refractivity contribution >= 4 is 5.69 Å². The molecule has 1 aromatic carbocycles. The van der Waals surface area contributed by atoms with E-state index in [4.69, 9.17) is 0 Å². The second kappa shape index (κ2) is 6.12. The van der Waals surface area contributed by atoms with Gasteiger partial charge in [-0.3, -0.25) is 15.0 Å². The standard InChI is InChI=1S/C14H20N2O3/c1-11(17)13-5-3-7-15(10-13)9-12-4-2-6-14(8-12)16(18)19/h2,4,6,8,11,13,17H,3,5,7,9-10H2,1H3/t11-,13+/m1/s1. The summed E-state index contributed by atoms with van der Waals surface area (Å²) in [5.74, 6) is 0.312. The van der Waals surface area contributed by atoms with Crippen molar-refractivity contribution in [3.8, 4) is 0 Å². The molecule has 0 unspecified atom stereocenters. The smallest absolute Gasteiger partial charge is 0.269 e. The average Bonchev–Trinajstić information content (AvgIpc) is 2.39. The third-order valence-electron chi connectivity index (χ3n) is 3.75. The highest BCUT2D eigenvalue weighted by Gasteiger charge is 2.23. The summed E-state index contributed by atoms with van der Waals surface area (Å²) < 4.78 is 0. The van der Waals surface area contributed by atoms with Crippen LogP contribution in [0.5, 0.6) is 0 Å². The number of non-ortho nitro benzene ring substituents is 1. The molecule has 1 aliphatic heterocycles. The minimum absolute atomic E-state index is 0.140. The Labute approximate surface area is 113 Å². The van der Waals surface area contributed by atoms with Crippen molar-refractivity contribution in [3.05, 3.63) is 39.9 Å². The Morgan fingerprint density at radius 3 is 3.05 bits per heavy atom. The van der Waals surface area contributed by atoms with E-state index < -0.39 is 0 Å². The van der Waals surface area contributed by atoms with Crippen molar-refractivity contribution in [2.75, 3.05) is 13.1 Å². The molecule has 5 heteroatoms. The topological polar surface area (TPSA) is 66.6 Å². The molecule has 0 saturated carbocycles. The van der Waals surface area contributed by atoms with Gasteiger partial charge in [-0.15, -0.1) is 0 Å². The van der Waals surface area contributed by atoms with Crippen LogP contribution in [0, 0.1) is 16.0 Å². The lowest BCUT2D eigenvalue weighted by molar-refractivity contribution is -0.384. The first-order valence-electron chi connectivity index (χ1n) is 6.70. The first-order valence-corrected chi connectivity index (χ1v) is 6.70. The number of piperidine rings is 1. The zero-order chi connectivity index (χ0) is 13.8. The van der Waals surface area contributed by atoms with Crippen molar-refractivity contribution in [1.29, 1.82) is 0 Å². The van der Waals surface area contributed by atoms with E-state index in [-0.39, 0.29) is 16.7 Å². The SMILES string of the molecule is C[C@@H](O)[C@H]1CCCN(Cc2cccc([N+](=O)[O-])c2)C1. The van der Waals surface area contributed by atoms with Gasteiger partial charge >= 0.3 is 0 Å². The van der Waals surface area contributed by atoms with E-state index in [0.717, 1.165) is 31.5 Å². The zero-order valence-electron chi connectivity index (χ0n) is 11.2. The summed E-state index contributed by atoms with van der Waals surface area (Å²) in [5, 5.41) is 20.4. The van der Waals surface area contributed by atoms with Gasteiger partial charge in [0.2, 0.25) is 0 Å². The quantitative estimate of drug-likeness (QED) is 0.668. The number of likely N-dealkylation sites (tertiary alicyclic amines) is 1. The third kappa shape index (κ3) is 3.75. The van der Waals surface area contributed by atoms with E-state index in [2.05, 4.69) is 4.90 Å². The van der Waals surface area contributed by atoms with Crippen LogP contribution in [-0.4, -0.2) is 34.1 Å². The van der Waals surface area contributed by atoms with Crippen LogP contribution in [0.3, 0.4) is 0 Å². The number of aliphatic hydroxyl groups is 1. The van der Waals surface area contributed by atoms with Crippen LogP contribution in [0.1, 0.15) is 25.3 Å². The second-order valence-corrected chi connectivity index (χ2v) is 5.31. The van der Waals surface area contributed by atoms with Gasteiger partial charge in [-0.2, -0.15) is 0 Å². The number of nitro groups is 1. The first kappa shape index (κ1) is 14.0. The molecule has 2 atom stereocenters. The van der Waals surface area contributed by atoms with Crippen LogP contribution >= 0.6 is 0 Å². The predicted octanol–water partition coefficient (Wildman–Crippen LogP) is 2.19. The van der Waals surface area contributed by atoms with E-state index in [9.17, 15) is 15.2 Å². The third-order valence-corrected chi connectivity index (χ3v) is 3.75. The van der Waals surface area contributed by atoms with Gasteiger partial charge in [0.25, 0.3) is 5.69 Å². The van der Waals surface area contributed by atoms with Gasteiger partial charge in [0, 0.05) is 25.2 Å². The van der Waals surface area contributed by atoms with Crippen molar-refractivity contribution in [2.24, 2.45) is 5.92 Å². The predicted molar refractivity (Wildman–Crippen MR) is 72.8 cm³/mol. The highest BCUT2D eigenvalue weighted by Crippen LogP contribution is 2.22. The number of hydrogen-bond acceptors (Lipinski definition) is 4. The molecule has 1 fully saturated rings. The Morgan fingerprint density at radius 1 is 1.58 bits per heavy atom. The van der Waals surface area contributed by atoms with E-state index in [1.807, 2.05) is 13.0 Å². The van der Waals surface area contributed by atoms with Crippen LogP contribution in [0.2, 0.25) is 0 Å². The summed E-state index contributed by atoms with van der Waals surface area (Å²) in [4.78, 5) is 12.6. The normalized spacial score (nSPS) is 22.1. The minimum Gasteiger partial charge on any atom is -0.393 e. The van der Waals surface area contributed by atoms with Gasteiger partial charge in [-0.25, -0.2) is 0 Å². The van der Waals surface area contributed by atoms with Gasteiger partial charge in [0.05, 0.1) is 11.0 Å². The monoisotopic (exact) mass is 264 g/mol. The van der Waals surface area contributed by atoms with Crippen molar-refractivity contribution in [2.45, 2.75) is 32.4 Å². The fraction of sp³-hybridized carbons (Fsp3) is 0.571. The molecule has 0 bridgehead atoms. The lowest BCUT2D eigenvalue weighted by Crippen LogP contribution is -2.39. The van der Waals surface area contributed by atoms with Gasteiger partial charge in [0.1, 0.15) is 0 Å². The molecule has 0 amide bonds. The number of hydrogen-bond donors (Lipinski definition) is 1. The van der Waals surface area contributed by atoms with Crippen LogP contribution < -0.4 is 0 Å². The minimum atomic E-state index is -0.363. The van der Waals surface area contributed by atoms with E-state index in [1.54, 1.807) is 12.1 Å². The Balaban J connectivity index is 2.00. The molecular formula is C14H20N2O3. The summed E-state index contributed by atoms with van der Waals surface area (Å²) in [6.07, 6.45) is 1.85. The molecular weight excluding hydrogens is 244 g/mol. The summed E-state index contributed by atoms with van der Waals surface area (Å²) in [5.41, 5.74) is 1.10. The van der Waals surface area contributed by atoms with Crippen LogP contribution in [0.25, 0.3) is 0 Å². The summed E-state index contributed by atoms with van der Waals surface area (Å²) >= 11 is 0. The van der Waals surface area contributed by atoms with Crippen LogP contribution in [0.4, 0.5) is 5.69 Å². The van der Waals surface area contributed by atoms with Gasteiger partial charge < -0.3 is 5.11 Å². The Bertz CT molecular complexity index is 448. The number of rotatable bonds is 4. The molecule has 1 N–H and O–H groups in total. The molecule has 1 aromatic rings. The Morgan fingerprint density at radius 2 is 2.37 bits per heavy atom. The summed E-state index contributed by atoms with van der Waals surface area (Å²) in [7, 11) is 0. The highest BCUT2D eigenvalue weighted by atomic mass is 16.6. The van der Waals surface area contributed by atoms with Crippen molar-refractivity contribution in [3.63, 3.8) is 0 Å². The number of nitro benzene ring substituents is 1. The highest BCUT2D eigenvalue weighted by molar-refractivity contribution is 5.34. The summed E-state index contributed by atoms with van der Waals surface area (Å²) in [6.45, 7) is 4.40. The van der Waals surface area contributed by atoms with Crippen molar-refractivity contribution in [1.82, 2.24) is 4.90 Å². The molecule has 0 radical (unpaired) electrons. The van der Waals surface area contributed by atoms with E-state index in [0.29, 0.717) is 12.5 Å². The van der Waals surface area contributed by atoms with Gasteiger partial charge in [-0.1, -0.05) is 12.1 Å². The molecule has 19 heavy (non-hydrogen) atoms. The maximum atomic E-state index is 10.7. The summed E-state index contributed by atoms with van der Waals surface area (Å²) in [6, 6.07) is 6.78. The lowest BCUT2D eigenvalue weighted by atomic mass is 9.93. The maximum absolute atomic E-state index is 10.7. The molecule has 5 nitrogen and oxygen atoms in total. The molecule has 0 spiro atoms. The number of aliphatic hydroxyl groups excluding tert-OH is 1. The average molecular weight is 264 g/mol. The van der Waals surface area contributed by atoms with Crippen LogP contribution in [-0.2, 0) is 6.54 Å². The molecule has 0 aromatic heterocycles. The van der Waals surface area contributed by atoms with Crippen molar-refractivity contribution < 1.29 is 10.0 Å². The second-order valence-electron chi connectivity index (χ2n) is 5.31.